The molecule has 4 aromatic rings. The number of nitrogen functional groups attached to an aromatic ring is 2. The highest BCUT2D eigenvalue weighted by atomic mass is 79.9. The average Bonchev–Trinajstić information content (AvgIpc) is 3.06. The van der Waals surface area contributed by atoms with E-state index >= 15 is 4.39 Å². The molecule has 0 fully saturated rings. The minimum Gasteiger partial charge on any atom is -0.453 e. The van der Waals surface area contributed by atoms with E-state index in [1.807, 2.05) is 0 Å². The quantitative estimate of drug-likeness (QED) is 0.225. The van der Waals surface area contributed by atoms with Crippen LogP contribution in [0.25, 0.3) is 10.9 Å². The molecule has 0 atom stereocenters. The summed E-state index contributed by atoms with van der Waals surface area (Å²) in [6.45, 7) is -0.0974. The molecule has 1 heterocycles. The van der Waals surface area contributed by atoms with Crippen molar-refractivity contribution in [2.24, 2.45) is 0 Å². The van der Waals surface area contributed by atoms with E-state index in [9.17, 15) is 4.79 Å². The van der Waals surface area contributed by atoms with Crippen LogP contribution in [0.5, 0.6) is 11.5 Å². The van der Waals surface area contributed by atoms with Crippen LogP contribution in [0.1, 0.15) is 16.1 Å². The van der Waals surface area contributed by atoms with E-state index in [-0.39, 0.29) is 28.6 Å². The van der Waals surface area contributed by atoms with Gasteiger partial charge in [-0.15, -0.1) is 0 Å². The fourth-order valence-corrected chi connectivity index (χ4v) is 4.19. The third kappa shape index (κ3) is 4.48. The highest BCUT2D eigenvalue weighted by Gasteiger charge is 2.19. The van der Waals surface area contributed by atoms with Crippen molar-refractivity contribution in [3.05, 3.63) is 80.1 Å². The molecular weight excluding hydrogens is 522 g/mol. The van der Waals surface area contributed by atoms with Crippen LogP contribution in [0.2, 0.25) is 10.0 Å². The third-order valence-electron chi connectivity index (χ3n) is 4.67. The summed E-state index contributed by atoms with van der Waals surface area (Å²) in [5.74, 6) is -1.09. The fourth-order valence-electron chi connectivity index (χ4n) is 3.16. The molecular formula is C22H16BrCl2FN4O2. The lowest BCUT2D eigenvalue weighted by Gasteiger charge is -2.13. The number of hydrogen-bond acceptors (Lipinski definition) is 4. The first-order valence-electron chi connectivity index (χ1n) is 9.28. The molecule has 164 valence electrons. The number of nitrogens with one attached hydrogen (secondary N) is 2. The minimum atomic E-state index is -0.708. The molecule has 0 spiro atoms. The molecule has 4 rings (SSSR count). The number of hydrogen-bond donors (Lipinski definition) is 4. The molecule has 0 aliphatic heterocycles. The van der Waals surface area contributed by atoms with E-state index in [1.165, 1.54) is 30.3 Å². The van der Waals surface area contributed by atoms with Gasteiger partial charge in [0.25, 0.3) is 5.91 Å². The lowest BCUT2D eigenvalue weighted by molar-refractivity contribution is 0.0945. The van der Waals surface area contributed by atoms with E-state index in [4.69, 9.17) is 39.4 Å². The molecule has 0 unspecified atom stereocenters. The summed E-state index contributed by atoms with van der Waals surface area (Å²) < 4.78 is 21.3. The van der Waals surface area contributed by atoms with Crippen molar-refractivity contribution in [1.29, 1.82) is 0 Å². The molecule has 0 radical (unpaired) electrons. The number of fused-ring (bicyclic) bond motifs is 1. The number of ether oxygens (including phenoxy) is 1. The maximum Gasteiger partial charge on any atom is 0.269 e. The van der Waals surface area contributed by atoms with Gasteiger partial charge in [0, 0.05) is 45.5 Å². The van der Waals surface area contributed by atoms with Gasteiger partial charge >= 0.3 is 0 Å². The molecule has 1 amide bonds. The second kappa shape index (κ2) is 8.90. The Hall–Kier alpha value is -2.94. The van der Waals surface area contributed by atoms with Crippen molar-refractivity contribution >= 4 is 67.3 Å². The van der Waals surface area contributed by atoms with Gasteiger partial charge in [0.2, 0.25) is 0 Å². The molecule has 0 saturated carbocycles. The number of H-pyrrole nitrogens is 1. The van der Waals surface area contributed by atoms with Gasteiger partial charge in [0.15, 0.2) is 11.6 Å². The molecule has 6 N–H and O–H groups in total. The van der Waals surface area contributed by atoms with Gasteiger partial charge in [-0.2, -0.15) is 0 Å². The second-order valence-corrected chi connectivity index (χ2v) is 8.61. The number of carbonyl (C=O) groups excluding carboxylic acids is 1. The van der Waals surface area contributed by atoms with Crippen molar-refractivity contribution in [2.45, 2.75) is 6.54 Å². The Kier molecular flexibility index (Phi) is 6.19. The van der Waals surface area contributed by atoms with Crippen LogP contribution in [0.4, 0.5) is 15.8 Å². The summed E-state index contributed by atoms with van der Waals surface area (Å²) in [5.41, 5.74) is 13.7. The van der Waals surface area contributed by atoms with E-state index in [2.05, 4.69) is 26.2 Å². The zero-order chi connectivity index (χ0) is 23.0. The Balaban J connectivity index is 1.55. The molecule has 10 heteroatoms. The van der Waals surface area contributed by atoms with Gasteiger partial charge in [-0.1, -0.05) is 29.3 Å². The summed E-state index contributed by atoms with van der Waals surface area (Å²) in [6.07, 6.45) is 0. The van der Waals surface area contributed by atoms with E-state index in [0.29, 0.717) is 26.6 Å². The first-order chi connectivity index (χ1) is 15.2. The largest absolute Gasteiger partial charge is 0.453 e. The van der Waals surface area contributed by atoms with Crippen molar-refractivity contribution < 1.29 is 13.9 Å². The number of amides is 1. The normalized spacial score (nSPS) is 11.0. The number of halogens is 4. The minimum absolute atomic E-state index is 0.0621. The van der Waals surface area contributed by atoms with Crippen LogP contribution in [-0.4, -0.2) is 10.9 Å². The average molecular weight is 538 g/mol. The predicted molar refractivity (Wildman–Crippen MR) is 129 cm³/mol. The summed E-state index contributed by atoms with van der Waals surface area (Å²) in [4.78, 5) is 15.7. The first-order valence-corrected chi connectivity index (χ1v) is 10.8. The van der Waals surface area contributed by atoms with Crippen molar-refractivity contribution in [1.82, 2.24) is 10.3 Å². The van der Waals surface area contributed by atoms with Crippen LogP contribution in [0.15, 0.2) is 53.0 Å². The zero-order valence-electron chi connectivity index (χ0n) is 16.3. The van der Waals surface area contributed by atoms with Crippen LogP contribution < -0.4 is 21.5 Å². The molecule has 0 aliphatic rings. The van der Waals surface area contributed by atoms with Gasteiger partial charge in [0.1, 0.15) is 11.4 Å². The standard InChI is InChI=1S/C22H16BrCl2FN4O2/c23-18-15-8-12(27)2-4-17(15)30-20(18)22(31)29-9-10-1-3-16(25)21(19(10)26)32-14-6-11(24)5-13(28)7-14/h1-8,30H,9,27-28H2,(H,29,31). The number of aromatic nitrogens is 1. The molecule has 0 saturated heterocycles. The van der Waals surface area contributed by atoms with Gasteiger partial charge in [0.05, 0.1) is 9.50 Å². The summed E-state index contributed by atoms with van der Waals surface area (Å²) in [6, 6.07) is 12.7. The fraction of sp³-hybridized carbons (Fsp3) is 0.0455. The Morgan fingerprint density at radius 3 is 2.62 bits per heavy atom. The summed E-state index contributed by atoms with van der Waals surface area (Å²) in [7, 11) is 0. The molecule has 6 nitrogen and oxygen atoms in total. The molecule has 32 heavy (non-hydrogen) atoms. The smallest absolute Gasteiger partial charge is 0.269 e. The lowest BCUT2D eigenvalue weighted by Crippen LogP contribution is -2.24. The van der Waals surface area contributed by atoms with Crippen LogP contribution in [0.3, 0.4) is 0 Å². The SMILES string of the molecule is Nc1cc(Cl)cc(Oc2c(Cl)ccc(CNC(=O)c3[nH]c4ccc(N)cc4c3Br)c2F)c1. The maximum absolute atomic E-state index is 15.1. The van der Waals surface area contributed by atoms with E-state index in [0.717, 1.165) is 10.9 Å². The molecule has 1 aromatic heterocycles. The molecule has 0 bridgehead atoms. The highest BCUT2D eigenvalue weighted by Crippen LogP contribution is 2.36. The number of anilines is 2. The molecule has 3 aromatic carbocycles. The van der Waals surface area contributed by atoms with Crippen molar-refractivity contribution in [3.8, 4) is 11.5 Å². The number of aromatic amines is 1. The third-order valence-corrected chi connectivity index (χ3v) is 6.01. The highest BCUT2D eigenvalue weighted by molar-refractivity contribution is 9.10. The Bertz CT molecular complexity index is 1340. The van der Waals surface area contributed by atoms with Gasteiger partial charge in [-0.3, -0.25) is 4.79 Å². The van der Waals surface area contributed by atoms with Crippen LogP contribution >= 0.6 is 39.1 Å². The van der Waals surface area contributed by atoms with Crippen molar-refractivity contribution in [3.63, 3.8) is 0 Å². The Morgan fingerprint density at radius 2 is 1.88 bits per heavy atom. The number of benzene rings is 3. The first kappa shape index (κ1) is 22.3. The predicted octanol–water partition coefficient (Wildman–Crippen LogP) is 6.26. The second-order valence-electron chi connectivity index (χ2n) is 6.97. The molecule has 0 aliphatic carbocycles. The summed E-state index contributed by atoms with van der Waals surface area (Å²) in [5, 5.41) is 3.86. The van der Waals surface area contributed by atoms with E-state index in [1.54, 1.807) is 18.2 Å². The zero-order valence-corrected chi connectivity index (χ0v) is 19.4. The van der Waals surface area contributed by atoms with Crippen LogP contribution in [-0.2, 0) is 6.54 Å². The van der Waals surface area contributed by atoms with Gasteiger partial charge in [-0.25, -0.2) is 4.39 Å². The van der Waals surface area contributed by atoms with Crippen molar-refractivity contribution in [2.75, 3.05) is 11.5 Å². The van der Waals surface area contributed by atoms with E-state index < -0.39 is 11.7 Å². The monoisotopic (exact) mass is 536 g/mol. The Labute approximate surface area is 200 Å². The number of rotatable bonds is 5. The maximum atomic E-state index is 15.1. The number of carbonyl (C=O) groups is 1. The lowest BCUT2D eigenvalue weighted by atomic mass is 10.2. The van der Waals surface area contributed by atoms with Gasteiger partial charge < -0.3 is 26.5 Å². The Morgan fingerprint density at radius 1 is 1.09 bits per heavy atom. The van der Waals surface area contributed by atoms with Crippen LogP contribution in [0, 0.1) is 5.82 Å². The number of nitrogens with two attached hydrogens (primary N) is 2. The summed E-state index contributed by atoms with van der Waals surface area (Å²) >= 11 is 15.5. The van der Waals surface area contributed by atoms with Gasteiger partial charge in [-0.05, 0) is 52.3 Å². The topological polar surface area (TPSA) is 106 Å².